The molecular weight excluding hydrogens is 573 g/mol. The highest BCUT2D eigenvalue weighted by molar-refractivity contribution is 6.15. The summed E-state index contributed by atoms with van der Waals surface area (Å²) < 4.78 is 49.9. The van der Waals surface area contributed by atoms with Crippen LogP contribution < -0.4 is 20.5 Å². The van der Waals surface area contributed by atoms with Crippen molar-refractivity contribution in [1.29, 1.82) is 0 Å². The molecule has 222 valence electrons. The summed E-state index contributed by atoms with van der Waals surface area (Å²) in [6.45, 7) is 1.63. The second kappa shape index (κ2) is 15.0. The van der Waals surface area contributed by atoms with Gasteiger partial charge in [-0.1, -0.05) is 6.92 Å². The lowest BCUT2D eigenvalue weighted by atomic mass is 9.99. The number of nitrogens with two attached hydrogens (primary N) is 1. The topological polar surface area (TPSA) is 116 Å². The number of rotatable bonds is 7. The fraction of sp³-hybridized carbons (Fsp3) is 0.267. The van der Waals surface area contributed by atoms with Crippen LogP contribution in [0.5, 0.6) is 11.5 Å². The number of hydrogen-bond donors (Lipinski definition) is 2. The number of aromatic nitrogens is 2. The molecule has 1 aliphatic rings. The number of carbonyl (C=O) groups excluding carboxylic acids is 2. The molecule has 4 aromatic rings. The van der Waals surface area contributed by atoms with Crippen LogP contribution in [0.3, 0.4) is 0 Å². The van der Waals surface area contributed by atoms with E-state index in [4.69, 9.17) is 14.5 Å². The van der Waals surface area contributed by atoms with Crippen molar-refractivity contribution in [3.8, 4) is 22.8 Å². The van der Waals surface area contributed by atoms with Crippen molar-refractivity contribution in [3.63, 3.8) is 0 Å². The lowest BCUT2D eigenvalue weighted by Crippen LogP contribution is -2.26. The first-order valence-electron chi connectivity index (χ1n) is 12.8. The first-order chi connectivity index (χ1) is 20.2. The first kappa shape index (κ1) is 32.1. The summed E-state index contributed by atoms with van der Waals surface area (Å²) in [5, 5.41) is 3.36. The zero-order valence-corrected chi connectivity index (χ0v) is 23.9. The van der Waals surface area contributed by atoms with Crippen LogP contribution in [0.4, 0.5) is 13.2 Å². The van der Waals surface area contributed by atoms with Gasteiger partial charge in [0.05, 0.1) is 6.61 Å². The standard InChI is InChI=1S/C28H24F3N3O3.CH3Cl.CH3NO/c1-15-9-18-10-19(11-23(37-28(30)31)24(18)33-13-15)27(35)32-8-7-21-12-22-16(2)14-36-26(22)25(34-21)17-3-5-20(29)6-4-17;1-2;2-1-3/h3-6,9-13,16,28H,7-8,14H2,1-2H3,(H,32,35);1H3;1H,(H2,2,3). The highest BCUT2D eigenvalue weighted by Crippen LogP contribution is 2.41. The van der Waals surface area contributed by atoms with Crippen LogP contribution in [-0.4, -0.2) is 48.4 Å². The van der Waals surface area contributed by atoms with E-state index in [9.17, 15) is 18.0 Å². The normalized spacial score (nSPS) is 13.2. The summed E-state index contributed by atoms with van der Waals surface area (Å²) >= 11 is 4.64. The van der Waals surface area contributed by atoms with Crippen LogP contribution >= 0.6 is 11.6 Å². The summed E-state index contributed by atoms with van der Waals surface area (Å²) in [7, 11) is 0. The Morgan fingerprint density at radius 3 is 2.57 bits per heavy atom. The maximum atomic E-state index is 13.5. The van der Waals surface area contributed by atoms with Gasteiger partial charge in [-0.05, 0) is 61.0 Å². The minimum Gasteiger partial charge on any atom is -0.490 e. The number of aryl methyl sites for hydroxylation is 1. The Kier molecular flexibility index (Phi) is 11.5. The Labute approximate surface area is 246 Å². The van der Waals surface area contributed by atoms with Crippen molar-refractivity contribution in [1.82, 2.24) is 15.3 Å². The van der Waals surface area contributed by atoms with Gasteiger partial charge in [0.2, 0.25) is 6.41 Å². The van der Waals surface area contributed by atoms with Crippen LogP contribution in [-0.2, 0) is 11.2 Å². The number of fused-ring (bicyclic) bond motifs is 2. The molecule has 0 radical (unpaired) electrons. The van der Waals surface area contributed by atoms with Crippen molar-refractivity contribution in [2.75, 3.05) is 19.5 Å². The molecule has 3 heterocycles. The molecule has 42 heavy (non-hydrogen) atoms. The van der Waals surface area contributed by atoms with E-state index in [2.05, 4.69) is 39.3 Å². The van der Waals surface area contributed by atoms with Gasteiger partial charge >= 0.3 is 6.61 Å². The number of halogens is 4. The molecule has 0 spiro atoms. The lowest BCUT2D eigenvalue weighted by Gasteiger charge is -2.13. The largest absolute Gasteiger partial charge is 0.490 e. The molecule has 0 saturated carbocycles. The van der Waals surface area contributed by atoms with Gasteiger partial charge in [0, 0.05) is 59.2 Å². The molecule has 12 heteroatoms. The van der Waals surface area contributed by atoms with Gasteiger partial charge in [-0.3, -0.25) is 14.6 Å². The molecule has 0 aliphatic carbocycles. The quantitative estimate of drug-likeness (QED) is 0.205. The van der Waals surface area contributed by atoms with Crippen LogP contribution in [0.25, 0.3) is 22.2 Å². The number of nitrogens with one attached hydrogen (secondary N) is 1. The third-order valence-corrected chi connectivity index (χ3v) is 6.21. The van der Waals surface area contributed by atoms with E-state index in [0.29, 0.717) is 29.9 Å². The molecule has 2 aromatic carbocycles. The number of alkyl halides is 3. The Bertz CT molecular complexity index is 1540. The predicted octanol–water partition coefficient (Wildman–Crippen LogP) is 5.77. The minimum absolute atomic E-state index is 0.157. The van der Waals surface area contributed by atoms with E-state index in [1.54, 1.807) is 30.5 Å². The molecule has 2 aromatic heterocycles. The molecule has 1 atom stereocenters. The van der Waals surface area contributed by atoms with Gasteiger partial charge in [-0.15, -0.1) is 11.6 Å². The number of hydrogen-bond acceptors (Lipinski definition) is 6. The highest BCUT2D eigenvalue weighted by atomic mass is 35.5. The minimum atomic E-state index is -3.04. The Hall–Kier alpha value is -4.38. The van der Waals surface area contributed by atoms with E-state index in [-0.39, 0.29) is 41.5 Å². The average Bonchev–Trinajstić information content (AvgIpc) is 3.34. The molecular formula is C30H30ClF3N4O4. The summed E-state index contributed by atoms with van der Waals surface area (Å²) in [6.07, 6.45) is 3.70. The van der Waals surface area contributed by atoms with Gasteiger partial charge in [-0.2, -0.15) is 8.78 Å². The summed E-state index contributed by atoms with van der Waals surface area (Å²) in [6, 6.07) is 12.7. The Morgan fingerprint density at radius 1 is 1.21 bits per heavy atom. The third kappa shape index (κ3) is 7.88. The second-order valence-electron chi connectivity index (χ2n) is 9.18. The number of carbonyl (C=O) groups is 2. The molecule has 2 amide bonds. The fourth-order valence-corrected chi connectivity index (χ4v) is 4.41. The summed E-state index contributed by atoms with van der Waals surface area (Å²) in [4.78, 5) is 30.4. The lowest BCUT2D eigenvalue weighted by molar-refractivity contribution is -0.106. The second-order valence-corrected chi connectivity index (χ2v) is 9.18. The van der Waals surface area contributed by atoms with E-state index in [1.165, 1.54) is 24.6 Å². The van der Waals surface area contributed by atoms with Gasteiger partial charge in [0.25, 0.3) is 5.91 Å². The van der Waals surface area contributed by atoms with Crippen LogP contribution in [0, 0.1) is 12.7 Å². The zero-order chi connectivity index (χ0) is 30.8. The SMILES string of the molecule is CCl.Cc1cnc2c(OC(F)F)cc(C(=O)NCCc3cc4c(c(-c5ccc(F)cc5)n3)OCC4C)cc2c1.NC=O. The molecule has 0 bridgehead atoms. The molecule has 0 saturated heterocycles. The Balaban J connectivity index is 0.000000910. The first-order valence-corrected chi connectivity index (χ1v) is 13.5. The van der Waals surface area contributed by atoms with Crippen molar-refractivity contribution >= 4 is 34.8 Å². The third-order valence-electron chi connectivity index (χ3n) is 6.21. The fourth-order valence-electron chi connectivity index (χ4n) is 4.41. The number of ether oxygens (including phenoxy) is 2. The summed E-state index contributed by atoms with van der Waals surface area (Å²) in [5.41, 5.74) is 8.57. The van der Waals surface area contributed by atoms with Crippen LogP contribution in [0.15, 0.2) is 54.7 Å². The van der Waals surface area contributed by atoms with Gasteiger partial charge in [0.15, 0.2) is 5.75 Å². The van der Waals surface area contributed by atoms with E-state index >= 15 is 0 Å². The zero-order valence-electron chi connectivity index (χ0n) is 23.2. The van der Waals surface area contributed by atoms with Crippen molar-refractivity contribution < 1.29 is 32.2 Å². The summed E-state index contributed by atoms with van der Waals surface area (Å²) in [5.74, 6) is -0.0581. The maximum absolute atomic E-state index is 13.5. The smallest absolute Gasteiger partial charge is 0.387 e. The van der Waals surface area contributed by atoms with Gasteiger partial charge < -0.3 is 20.5 Å². The Morgan fingerprint density at radius 2 is 1.90 bits per heavy atom. The molecule has 5 rings (SSSR count). The maximum Gasteiger partial charge on any atom is 0.387 e. The van der Waals surface area contributed by atoms with Crippen molar-refractivity contribution in [2.24, 2.45) is 5.73 Å². The van der Waals surface area contributed by atoms with E-state index in [1.807, 2.05) is 13.0 Å². The van der Waals surface area contributed by atoms with Crippen LogP contribution in [0.1, 0.15) is 40.0 Å². The number of nitrogens with zero attached hydrogens (tertiary/aromatic N) is 2. The number of pyridine rings is 2. The van der Waals surface area contributed by atoms with Crippen molar-refractivity contribution in [2.45, 2.75) is 32.8 Å². The molecule has 8 nitrogen and oxygen atoms in total. The number of primary amides is 1. The monoisotopic (exact) mass is 602 g/mol. The average molecular weight is 603 g/mol. The molecule has 1 unspecified atom stereocenters. The molecule has 3 N–H and O–H groups in total. The van der Waals surface area contributed by atoms with Gasteiger partial charge in [-0.25, -0.2) is 9.37 Å². The number of benzene rings is 2. The molecule has 0 fully saturated rings. The van der Waals surface area contributed by atoms with Crippen LogP contribution in [0.2, 0.25) is 0 Å². The van der Waals surface area contributed by atoms with Gasteiger partial charge in [0.1, 0.15) is 22.8 Å². The number of amides is 2. The molecule has 1 aliphatic heterocycles. The van der Waals surface area contributed by atoms with E-state index < -0.39 is 12.5 Å². The predicted molar refractivity (Wildman–Crippen MR) is 155 cm³/mol. The highest BCUT2D eigenvalue weighted by Gasteiger charge is 2.26. The van der Waals surface area contributed by atoms with Crippen molar-refractivity contribution in [3.05, 3.63) is 82.9 Å². The van der Waals surface area contributed by atoms with E-state index in [0.717, 1.165) is 22.4 Å².